The Morgan fingerprint density at radius 1 is 0.828 bits per heavy atom. The van der Waals surface area contributed by atoms with Crippen LogP contribution in [0.5, 0.6) is 0 Å². The number of aliphatic hydroxyl groups is 1. The first-order chi connectivity index (χ1) is 13.6. The standard InChI is InChI=1S/C28H48O/c1-7-8-9-19(2)20-12-14-26(6)22-11-10-21-24(3,4)23(29)13-15-27(21)18-28(22,27)17-16-25(20,26)5/h19-23,29H,7-18H2,1-6H3/t19-,20-,21+,22+,23+,25-,26+,27-,28+/m1/s1. The van der Waals surface area contributed by atoms with Crippen LogP contribution in [0.4, 0.5) is 0 Å². The van der Waals surface area contributed by atoms with Crippen molar-refractivity contribution >= 4 is 0 Å². The molecule has 0 saturated heterocycles. The number of aliphatic hydroxyl groups excluding tert-OH is 1. The molecule has 5 fully saturated rings. The fourth-order valence-electron chi connectivity index (χ4n) is 11.0. The van der Waals surface area contributed by atoms with E-state index in [4.69, 9.17) is 0 Å². The summed E-state index contributed by atoms with van der Waals surface area (Å²) in [6.07, 6.45) is 16.8. The Labute approximate surface area is 180 Å². The molecule has 0 bridgehead atoms. The van der Waals surface area contributed by atoms with Crippen molar-refractivity contribution in [1.82, 2.24) is 0 Å². The third kappa shape index (κ3) is 2.33. The monoisotopic (exact) mass is 400 g/mol. The van der Waals surface area contributed by atoms with Crippen LogP contribution in [-0.2, 0) is 0 Å². The van der Waals surface area contributed by atoms with Gasteiger partial charge in [0.15, 0.2) is 0 Å². The normalized spacial score (nSPS) is 56.0. The predicted molar refractivity (Wildman–Crippen MR) is 122 cm³/mol. The van der Waals surface area contributed by atoms with Crippen molar-refractivity contribution in [2.45, 2.75) is 125 Å². The van der Waals surface area contributed by atoms with Crippen molar-refractivity contribution in [3.63, 3.8) is 0 Å². The highest BCUT2D eigenvalue weighted by Gasteiger charge is 2.82. The van der Waals surface area contributed by atoms with Gasteiger partial charge in [-0.15, -0.1) is 0 Å². The van der Waals surface area contributed by atoms with Crippen LogP contribution in [0.25, 0.3) is 0 Å². The van der Waals surface area contributed by atoms with Crippen molar-refractivity contribution in [2.75, 3.05) is 0 Å². The first-order valence-electron chi connectivity index (χ1n) is 13.3. The lowest BCUT2D eigenvalue weighted by Gasteiger charge is -2.63. The van der Waals surface area contributed by atoms with Crippen LogP contribution in [0, 0.1) is 50.7 Å². The maximum atomic E-state index is 10.8. The summed E-state index contributed by atoms with van der Waals surface area (Å²) >= 11 is 0. The second-order valence-electron chi connectivity index (χ2n) is 13.6. The van der Waals surface area contributed by atoms with Gasteiger partial charge in [0.25, 0.3) is 0 Å². The van der Waals surface area contributed by atoms with Crippen LogP contribution in [0.2, 0.25) is 0 Å². The van der Waals surface area contributed by atoms with Crippen LogP contribution >= 0.6 is 0 Å². The van der Waals surface area contributed by atoms with E-state index in [0.29, 0.717) is 21.7 Å². The summed E-state index contributed by atoms with van der Waals surface area (Å²) in [7, 11) is 0. The van der Waals surface area contributed by atoms with Crippen LogP contribution in [0.3, 0.4) is 0 Å². The number of fused-ring (bicyclic) bond motifs is 2. The smallest absolute Gasteiger partial charge is 0.0594 e. The van der Waals surface area contributed by atoms with Crippen molar-refractivity contribution in [3.05, 3.63) is 0 Å². The molecule has 0 aromatic heterocycles. The predicted octanol–water partition coefficient (Wildman–Crippen LogP) is 7.61. The topological polar surface area (TPSA) is 20.2 Å². The van der Waals surface area contributed by atoms with Crippen molar-refractivity contribution in [1.29, 1.82) is 0 Å². The Kier molecular flexibility index (Phi) is 4.50. The molecule has 2 spiro atoms. The van der Waals surface area contributed by atoms with E-state index in [1.54, 1.807) is 0 Å². The first-order valence-corrected chi connectivity index (χ1v) is 13.3. The molecule has 1 heteroatoms. The molecule has 5 rings (SSSR count). The highest BCUT2D eigenvalue weighted by atomic mass is 16.3. The van der Waals surface area contributed by atoms with E-state index in [9.17, 15) is 5.11 Å². The van der Waals surface area contributed by atoms with Gasteiger partial charge < -0.3 is 5.11 Å². The average Bonchev–Trinajstić information content (AvgIpc) is 3.26. The molecule has 166 valence electrons. The van der Waals surface area contributed by atoms with Gasteiger partial charge >= 0.3 is 0 Å². The summed E-state index contributed by atoms with van der Waals surface area (Å²) in [6.45, 7) is 15.2. The quantitative estimate of drug-likeness (QED) is 0.514. The molecule has 5 aliphatic rings. The maximum Gasteiger partial charge on any atom is 0.0594 e. The summed E-state index contributed by atoms with van der Waals surface area (Å²) in [5, 5.41) is 10.8. The Bertz CT molecular complexity index is 667. The largest absolute Gasteiger partial charge is 0.393 e. The minimum Gasteiger partial charge on any atom is -0.393 e. The number of hydrogen-bond acceptors (Lipinski definition) is 1. The van der Waals surface area contributed by atoms with Crippen molar-refractivity contribution < 1.29 is 5.11 Å². The number of rotatable bonds is 4. The zero-order valence-corrected chi connectivity index (χ0v) is 20.3. The number of unbranched alkanes of at least 4 members (excludes halogenated alkanes) is 1. The molecule has 0 amide bonds. The molecule has 1 nitrogen and oxygen atoms in total. The van der Waals surface area contributed by atoms with Gasteiger partial charge in [0.2, 0.25) is 0 Å². The SMILES string of the molecule is CCCC[C@@H](C)[C@H]1CC[C@@]2(C)[C@@H]3CC[C@H]4C(C)(C)[C@@H](O)CC[C@@]45C[C@@]35CC[C@]12C. The third-order valence-corrected chi connectivity index (χ3v) is 12.9. The molecule has 0 radical (unpaired) electrons. The highest BCUT2D eigenvalue weighted by molar-refractivity contribution is 5.30. The summed E-state index contributed by atoms with van der Waals surface area (Å²) in [5.41, 5.74) is 2.49. The van der Waals surface area contributed by atoms with E-state index in [1.165, 1.54) is 70.6 Å². The zero-order chi connectivity index (χ0) is 20.9. The van der Waals surface area contributed by atoms with E-state index >= 15 is 0 Å². The van der Waals surface area contributed by atoms with E-state index in [1.807, 2.05) is 0 Å². The zero-order valence-electron chi connectivity index (χ0n) is 20.3. The van der Waals surface area contributed by atoms with Crippen LogP contribution in [0.15, 0.2) is 0 Å². The van der Waals surface area contributed by atoms with Gasteiger partial charge in [-0.05, 0) is 109 Å². The lowest BCUT2D eigenvalue weighted by molar-refractivity contribution is -0.161. The fourth-order valence-corrected chi connectivity index (χ4v) is 11.0. The molecule has 0 aromatic carbocycles. The molecule has 0 unspecified atom stereocenters. The molecule has 29 heavy (non-hydrogen) atoms. The average molecular weight is 401 g/mol. The Hall–Kier alpha value is -0.0400. The van der Waals surface area contributed by atoms with Gasteiger partial charge in [-0.3, -0.25) is 0 Å². The van der Waals surface area contributed by atoms with Gasteiger partial charge in [-0.25, -0.2) is 0 Å². The van der Waals surface area contributed by atoms with Crippen molar-refractivity contribution in [2.24, 2.45) is 50.7 Å². The maximum absolute atomic E-state index is 10.8. The van der Waals surface area contributed by atoms with Crippen LogP contribution < -0.4 is 0 Å². The second kappa shape index (κ2) is 6.26. The lowest BCUT2D eigenvalue weighted by atomic mass is 9.41. The molecule has 5 saturated carbocycles. The summed E-state index contributed by atoms with van der Waals surface area (Å²) in [4.78, 5) is 0. The summed E-state index contributed by atoms with van der Waals surface area (Å²) in [5.74, 6) is 3.58. The molecular weight excluding hydrogens is 352 g/mol. The van der Waals surface area contributed by atoms with E-state index in [0.717, 1.165) is 30.1 Å². The van der Waals surface area contributed by atoms with Gasteiger partial charge in [0, 0.05) is 0 Å². The van der Waals surface area contributed by atoms with Gasteiger partial charge in [0.1, 0.15) is 0 Å². The third-order valence-electron chi connectivity index (χ3n) is 12.9. The van der Waals surface area contributed by atoms with Crippen LogP contribution in [-0.4, -0.2) is 11.2 Å². The molecule has 0 aliphatic heterocycles. The summed E-state index contributed by atoms with van der Waals surface area (Å²) in [6, 6.07) is 0. The first kappa shape index (κ1) is 20.8. The molecule has 9 atom stereocenters. The Morgan fingerprint density at radius 2 is 1.52 bits per heavy atom. The highest BCUT2D eigenvalue weighted by Crippen LogP contribution is 2.89. The molecular formula is C28H48O. The van der Waals surface area contributed by atoms with Gasteiger partial charge in [0.05, 0.1) is 6.10 Å². The van der Waals surface area contributed by atoms with Gasteiger partial charge in [-0.1, -0.05) is 60.8 Å². The Balaban J connectivity index is 1.45. The Morgan fingerprint density at radius 3 is 2.24 bits per heavy atom. The van der Waals surface area contributed by atoms with E-state index in [2.05, 4.69) is 41.5 Å². The van der Waals surface area contributed by atoms with E-state index < -0.39 is 0 Å². The molecule has 5 aliphatic carbocycles. The van der Waals surface area contributed by atoms with Gasteiger partial charge in [-0.2, -0.15) is 0 Å². The second-order valence-corrected chi connectivity index (χ2v) is 13.6. The molecule has 0 aromatic rings. The minimum atomic E-state index is -0.0768. The minimum absolute atomic E-state index is 0.0768. The summed E-state index contributed by atoms with van der Waals surface area (Å²) < 4.78 is 0. The molecule has 0 heterocycles. The lowest BCUT2D eigenvalue weighted by Crippen LogP contribution is -2.57. The van der Waals surface area contributed by atoms with E-state index in [-0.39, 0.29) is 11.5 Å². The van der Waals surface area contributed by atoms with Crippen LogP contribution in [0.1, 0.15) is 119 Å². The van der Waals surface area contributed by atoms with Crippen molar-refractivity contribution in [3.8, 4) is 0 Å². The molecule has 1 N–H and O–H groups in total. The fraction of sp³-hybridized carbons (Fsp3) is 1.00. The number of hydrogen-bond donors (Lipinski definition) is 1.